The van der Waals surface area contributed by atoms with Crippen LogP contribution in [0.1, 0.15) is 90.9 Å². The van der Waals surface area contributed by atoms with E-state index >= 15 is 0 Å². The number of likely N-dealkylation sites (N-methyl/N-ethyl adjacent to an activating group) is 1. The van der Waals surface area contributed by atoms with Crippen LogP contribution >= 0.6 is 11.3 Å². The summed E-state index contributed by atoms with van der Waals surface area (Å²) in [5.41, 5.74) is 4.24. The zero-order chi connectivity index (χ0) is 74.9. The number of benzene rings is 3. The molecule has 7 aromatic rings. The number of ether oxygens (including phenoxy) is 6. The molecule has 3 saturated carbocycles. The second-order valence-corrected chi connectivity index (χ2v) is 30.5. The molecule has 558 valence electrons. The number of hydrogen-bond acceptors (Lipinski definition) is 23. The number of anilines is 1. The van der Waals surface area contributed by atoms with Crippen molar-refractivity contribution < 1.29 is 105 Å². The molecule has 4 aromatic heterocycles. The Morgan fingerprint density at radius 2 is 1.67 bits per heavy atom. The molecule has 3 bridgehead atoms. The summed E-state index contributed by atoms with van der Waals surface area (Å²) < 4.78 is 71.3. The Balaban J connectivity index is 0.667. The normalized spacial score (nSPS) is 24.4. The summed E-state index contributed by atoms with van der Waals surface area (Å²) in [4.78, 5) is 117. The quantitative estimate of drug-likeness (QED) is 0.0159. The molecular weight excluding hydrogens is 1410 g/mol. The van der Waals surface area contributed by atoms with Crippen molar-refractivity contribution in [2.45, 2.75) is 122 Å². The Morgan fingerprint density at radius 1 is 0.886 bits per heavy atom. The van der Waals surface area contributed by atoms with Crippen LogP contribution in [0.2, 0.25) is 0 Å². The van der Waals surface area contributed by atoms with Crippen molar-refractivity contribution in [3.05, 3.63) is 120 Å². The average Bonchev–Trinajstić information content (AvgIpc) is 0.814. The topological polar surface area (TPSA) is 449 Å². The molecule has 105 heavy (non-hydrogen) atoms. The summed E-state index contributed by atoms with van der Waals surface area (Å²) in [6.07, 6.45) is -1.72. The van der Waals surface area contributed by atoms with E-state index in [0.717, 1.165) is 70.5 Å². The molecule has 34 heteroatoms. The number of carboxylic acid groups (broad SMARTS) is 2. The minimum absolute atomic E-state index is 0.0397. The number of imide groups is 1. The number of hydrogen-bond donors (Lipinski definition) is 10. The lowest BCUT2D eigenvalue weighted by molar-refractivity contribution is -0.271. The van der Waals surface area contributed by atoms with Gasteiger partial charge in [-0.3, -0.25) is 43.4 Å². The highest BCUT2D eigenvalue weighted by Crippen LogP contribution is 2.69. The molecule has 6 heterocycles. The standard InChI is InChI=1S/C71H80N10O22S2/c1-38-44(42-14-15-46(75-57(42)64(90)91)48-28-39-8-7-9-43(56(39)76-48)62(88)78-67-77-47-10-5-6-11-52(47)104-67)31-73-81(38)37-71-30-51(45-18-20-69(2,35-71)34-70(45,3)36-71)99-25-23-79(4)68(94)101-32-40-12-13-41(102-66-60(87)58(85)59(86)61(103-66)65(92)93)29-50(40)100-27-26-98-24-21-72-63(89)49(33-105(95,96)97)74-53(82)19-22-80-54(83)16-17-55(80)84/h5-17,28-29,31,45,49,51,58-61,66,76,85-87H,18-27,30,32-37H2,1-4H3,(H,72,89)(H,74,82)(H,90,91)(H,92,93)(H,77,78,88)(H,95,96,97)/t45?,49-,51?,58-,59-,60+,61-,66+,69?,70?,71?/m0/s1. The Kier molecular flexibility index (Phi) is 21.9. The first-order valence-corrected chi connectivity index (χ1v) is 36.4. The number of aliphatic hydroxyl groups excluding tert-OH is 3. The van der Waals surface area contributed by atoms with Gasteiger partial charge in [0, 0.05) is 85.6 Å². The van der Waals surface area contributed by atoms with Gasteiger partial charge >= 0.3 is 18.0 Å². The third kappa shape index (κ3) is 16.8. The van der Waals surface area contributed by atoms with Crippen LogP contribution in [0.5, 0.6) is 11.5 Å². The highest BCUT2D eigenvalue weighted by atomic mass is 32.2. The Morgan fingerprint density at radius 3 is 2.42 bits per heavy atom. The number of aromatic nitrogens is 5. The van der Waals surface area contributed by atoms with Gasteiger partial charge in [-0.15, -0.1) is 0 Å². The van der Waals surface area contributed by atoms with Crippen LogP contribution in [0.15, 0.2) is 97.2 Å². The second-order valence-electron chi connectivity index (χ2n) is 28.0. The number of aromatic amines is 1. The zero-order valence-electron chi connectivity index (χ0n) is 57.6. The van der Waals surface area contributed by atoms with Gasteiger partial charge in [-0.2, -0.15) is 13.5 Å². The molecule has 3 aliphatic carbocycles. The molecule has 0 radical (unpaired) electrons. The highest BCUT2D eigenvalue weighted by molar-refractivity contribution is 7.85. The van der Waals surface area contributed by atoms with Crippen LogP contribution in [0, 0.1) is 29.1 Å². The second kappa shape index (κ2) is 30.7. The first kappa shape index (κ1) is 74.9. The van der Waals surface area contributed by atoms with Crippen LogP contribution in [-0.4, -0.2) is 222 Å². The lowest BCUT2D eigenvalue weighted by atomic mass is 9.41. The van der Waals surface area contributed by atoms with E-state index < -0.39 is 101 Å². The summed E-state index contributed by atoms with van der Waals surface area (Å²) in [5, 5.41) is 65.3. The molecular formula is C71H80N10O22S2. The average molecular weight is 1490 g/mol. The third-order valence-electron chi connectivity index (χ3n) is 20.2. The fourth-order valence-electron chi connectivity index (χ4n) is 15.7. The predicted octanol–water partition coefficient (Wildman–Crippen LogP) is 5.08. The first-order valence-electron chi connectivity index (χ1n) is 34.0. The van der Waals surface area contributed by atoms with Crippen LogP contribution < -0.4 is 25.4 Å². The minimum atomic E-state index is -4.80. The van der Waals surface area contributed by atoms with Gasteiger partial charge in [0.2, 0.25) is 18.1 Å². The van der Waals surface area contributed by atoms with E-state index in [1.807, 2.05) is 48.0 Å². The van der Waals surface area contributed by atoms with E-state index in [2.05, 4.69) is 39.8 Å². The van der Waals surface area contributed by atoms with Crippen molar-refractivity contribution in [1.82, 2.24) is 45.2 Å². The minimum Gasteiger partial charge on any atom is -0.491 e. The van der Waals surface area contributed by atoms with Crippen molar-refractivity contribution in [2.24, 2.45) is 22.2 Å². The number of nitrogens with zero attached hydrogens (tertiary/aromatic N) is 6. The molecule has 10 N–H and O–H groups in total. The summed E-state index contributed by atoms with van der Waals surface area (Å²) in [6, 6.07) is 20.6. The number of pyridine rings is 1. The number of amides is 6. The predicted molar refractivity (Wildman–Crippen MR) is 374 cm³/mol. The van der Waals surface area contributed by atoms with Gasteiger partial charge in [-0.05, 0) is 116 Å². The molecule has 12 rings (SSSR count). The van der Waals surface area contributed by atoms with Gasteiger partial charge in [0.1, 0.15) is 54.8 Å². The van der Waals surface area contributed by atoms with Gasteiger partial charge in [-0.1, -0.05) is 49.4 Å². The largest absolute Gasteiger partial charge is 0.491 e. The molecule has 1 saturated heterocycles. The van der Waals surface area contributed by atoms with Crippen LogP contribution in [0.25, 0.3) is 43.6 Å². The van der Waals surface area contributed by atoms with E-state index in [0.29, 0.717) is 51.7 Å². The van der Waals surface area contributed by atoms with Crippen molar-refractivity contribution in [3.63, 3.8) is 0 Å². The third-order valence-corrected chi connectivity index (χ3v) is 21.9. The summed E-state index contributed by atoms with van der Waals surface area (Å²) >= 11 is 1.37. The van der Waals surface area contributed by atoms with Gasteiger partial charge in [0.25, 0.3) is 27.8 Å². The van der Waals surface area contributed by atoms with E-state index in [-0.39, 0.29) is 110 Å². The first-order chi connectivity index (χ1) is 49.9. The fraction of sp³-hybridized carbons (Fsp3) is 0.451. The molecule has 4 fully saturated rings. The summed E-state index contributed by atoms with van der Waals surface area (Å²) in [5.74, 6) is -7.43. The Bertz CT molecular complexity index is 4620. The number of nitrogens with one attached hydrogen (secondary N) is 4. The van der Waals surface area contributed by atoms with Crippen molar-refractivity contribution >= 4 is 95.3 Å². The van der Waals surface area contributed by atoms with Gasteiger partial charge in [0.15, 0.2) is 16.9 Å². The highest BCUT2D eigenvalue weighted by Gasteiger charge is 2.62. The van der Waals surface area contributed by atoms with E-state index in [4.69, 9.17) is 38.5 Å². The number of carbonyl (C=O) groups excluding carboxylic acids is 6. The maximum atomic E-state index is 13.8. The monoisotopic (exact) mass is 1490 g/mol. The Labute approximate surface area is 604 Å². The van der Waals surface area contributed by atoms with E-state index in [1.54, 1.807) is 37.5 Å². The van der Waals surface area contributed by atoms with E-state index in [1.165, 1.54) is 34.4 Å². The molecule has 11 atom stereocenters. The van der Waals surface area contributed by atoms with Gasteiger partial charge in [-0.25, -0.2) is 24.4 Å². The maximum Gasteiger partial charge on any atom is 0.409 e. The number of aliphatic carboxylic acids is 1. The van der Waals surface area contributed by atoms with Crippen molar-refractivity contribution in [2.75, 3.05) is 64.2 Å². The molecule has 5 aliphatic rings. The molecule has 3 aromatic carbocycles. The van der Waals surface area contributed by atoms with Gasteiger partial charge < -0.3 is 74.5 Å². The number of rotatable bonds is 30. The number of thiazole rings is 1. The molecule has 0 spiro atoms. The fourth-order valence-corrected chi connectivity index (χ4v) is 17.2. The smallest absolute Gasteiger partial charge is 0.409 e. The molecule has 2 aliphatic heterocycles. The number of fused-ring (bicyclic) bond motifs is 4. The van der Waals surface area contributed by atoms with Crippen LogP contribution in [-0.2, 0) is 66.2 Å². The number of carboxylic acids is 2. The lowest BCUT2D eigenvalue weighted by Crippen LogP contribution is -2.61. The summed E-state index contributed by atoms with van der Waals surface area (Å²) in [7, 11) is -3.24. The zero-order valence-corrected chi connectivity index (χ0v) is 59.2. The number of aromatic carboxylic acids is 1. The number of carbonyl (C=O) groups is 8. The maximum absolute atomic E-state index is 13.8. The van der Waals surface area contributed by atoms with Gasteiger partial charge in [0.05, 0.1) is 64.8 Å². The molecule has 5 unspecified atom stereocenters. The number of para-hydroxylation sites is 2. The number of aliphatic hydroxyl groups is 3. The SMILES string of the molecule is Cc1c(-c2ccc(-c3cc4cccc(C(=O)Nc5nc6ccccc6s5)c4[nH]3)nc2C(=O)O)cnn1CC12CC(OCCN(C)C(=O)OCc3ccc(O[C@@H]4O[C@H](C(=O)O)[C@@H](O)[C@H](O)[C@H]4O)cc3OCCOCCNC(=O)[C@H](CS(=O)(=O)O)NC(=O)CCN3C(=O)C=CC3=O)C3CCC(C)(C1)CC3(C)C2. The number of H-pyrrole nitrogens is 1. The van der Waals surface area contributed by atoms with E-state index in [9.17, 15) is 76.9 Å². The van der Waals surface area contributed by atoms with Crippen LogP contribution in [0.4, 0.5) is 9.93 Å². The molecule has 32 nitrogen and oxygen atoms in total. The Hall–Kier alpha value is -9.78. The van der Waals surface area contributed by atoms with Crippen LogP contribution in [0.3, 0.4) is 0 Å². The van der Waals surface area contributed by atoms with Crippen molar-refractivity contribution in [1.29, 1.82) is 0 Å². The summed E-state index contributed by atoms with van der Waals surface area (Å²) in [6.45, 7) is 6.01. The van der Waals surface area contributed by atoms with Crippen molar-refractivity contribution in [3.8, 4) is 34.0 Å². The molecule has 6 amide bonds. The lowest BCUT2D eigenvalue weighted by Gasteiger charge is -2.66.